The molecule has 1 N–H and O–H groups in total. The second-order valence-electron chi connectivity index (χ2n) is 6.30. The van der Waals surface area contributed by atoms with Gasteiger partial charge >= 0.3 is 0 Å². The summed E-state index contributed by atoms with van der Waals surface area (Å²) in [7, 11) is 3.50. The van der Waals surface area contributed by atoms with Crippen LogP contribution in [0.4, 0.5) is 0 Å². The Hall–Kier alpha value is -1.85. The molecule has 1 atom stereocenters. The summed E-state index contributed by atoms with van der Waals surface area (Å²) in [6.07, 6.45) is 4.48. The Morgan fingerprint density at radius 3 is 2.58 bits per heavy atom. The number of methoxy groups -OCH3 is 1. The van der Waals surface area contributed by atoms with Crippen molar-refractivity contribution >= 4 is 17.5 Å². The molecule has 2 aromatic rings. The summed E-state index contributed by atoms with van der Waals surface area (Å²) in [6.45, 7) is 0.405. The first-order chi connectivity index (χ1) is 11.6. The van der Waals surface area contributed by atoms with Crippen molar-refractivity contribution in [2.24, 2.45) is 7.05 Å². The molecule has 1 fully saturated rings. The maximum atomic E-state index is 13.1. The van der Waals surface area contributed by atoms with Crippen molar-refractivity contribution in [1.29, 1.82) is 0 Å². The summed E-state index contributed by atoms with van der Waals surface area (Å²) in [4.78, 5) is 13.1. The molecule has 0 radical (unpaired) electrons. The number of halogens is 1. The third-order valence-electron chi connectivity index (χ3n) is 4.89. The van der Waals surface area contributed by atoms with Crippen molar-refractivity contribution in [2.75, 3.05) is 13.7 Å². The number of hydrogen-bond donors (Lipinski definition) is 1. The Morgan fingerprint density at radius 1 is 1.38 bits per heavy atom. The second-order valence-corrected chi connectivity index (χ2v) is 6.74. The van der Waals surface area contributed by atoms with Gasteiger partial charge in [-0.3, -0.25) is 9.48 Å². The van der Waals surface area contributed by atoms with Gasteiger partial charge in [0.1, 0.15) is 0 Å². The van der Waals surface area contributed by atoms with Gasteiger partial charge in [0.15, 0.2) is 0 Å². The quantitative estimate of drug-likeness (QED) is 0.874. The molecule has 24 heavy (non-hydrogen) atoms. The third-order valence-corrected chi connectivity index (χ3v) is 5.15. The van der Waals surface area contributed by atoms with E-state index >= 15 is 0 Å². The minimum Gasteiger partial charge on any atom is -0.382 e. The number of amides is 1. The highest BCUT2D eigenvalue weighted by Crippen LogP contribution is 2.44. The summed E-state index contributed by atoms with van der Waals surface area (Å²) >= 11 is 5.99. The summed E-state index contributed by atoms with van der Waals surface area (Å²) in [5.41, 5.74) is 1.49. The zero-order valence-electron chi connectivity index (χ0n) is 14.0. The minimum absolute atomic E-state index is 0.0410. The fraction of sp³-hybridized carbons (Fsp3) is 0.444. The fourth-order valence-corrected chi connectivity index (χ4v) is 3.46. The topological polar surface area (TPSA) is 56.1 Å². The van der Waals surface area contributed by atoms with Crippen molar-refractivity contribution in [3.8, 4) is 0 Å². The van der Waals surface area contributed by atoms with Gasteiger partial charge in [-0.25, -0.2) is 0 Å². The predicted molar refractivity (Wildman–Crippen MR) is 92.9 cm³/mol. The van der Waals surface area contributed by atoms with E-state index in [9.17, 15) is 4.79 Å². The molecule has 0 unspecified atom stereocenters. The molecule has 6 heteroatoms. The largest absolute Gasteiger partial charge is 0.382 e. The van der Waals surface area contributed by atoms with Crippen molar-refractivity contribution in [2.45, 2.75) is 30.7 Å². The lowest BCUT2D eigenvalue weighted by atomic mass is 9.63. The number of rotatable bonds is 6. The van der Waals surface area contributed by atoms with Gasteiger partial charge in [-0.15, -0.1) is 0 Å². The third kappa shape index (κ3) is 3.06. The van der Waals surface area contributed by atoms with Gasteiger partial charge in [-0.05, 0) is 36.6 Å². The first-order valence-electron chi connectivity index (χ1n) is 8.11. The summed E-state index contributed by atoms with van der Waals surface area (Å²) in [6, 6.07) is 9.28. The van der Waals surface area contributed by atoms with E-state index < -0.39 is 5.41 Å². The molecule has 5 nitrogen and oxygen atoms in total. The molecular weight excluding hydrogens is 326 g/mol. The minimum atomic E-state index is -0.463. The first-order valence-corrected chi connectivity index (χ1v) is 8.48. The van der Waals surface area contributed by atoms with Crippen LogP contribution in [0.1, 0.15) is 36.6 Å². The van der Waals surface area contributed by atoms with Crippen LogP contribution in [0, 0.1) is 0 Å². The van der Waals surface area contributed by atoms with Gasteiger partial charge < -0.3 is 10.1 Å². The van der Waals surface area contributed by atoms with E-state index in [1.54, 1.807) is 18.0 Å². The van der Waals surface area contributed by atoms with E-state index in [-0.39, 0.29) is 11.9 Å². The summed E-state index contributed by atoms with van der Waals surface area (Å²) in [5, 5.41) is 8.03. The van der Waals surface area contributed by atoms with E-state index in [1.165, 1.54) is 0 Å². The number of ether oxygens (including phenoxy) is 1. The van der Waals surface area contributed by atoms with Crippen LogP contribution in [0.25, 0.3) is 0 Å². The molecular formula is C18H22ClN3O2. The highest BCUT2D eigenvalue weighted by Gasteiger charge is 2.46. The molecule has 1 aromatic carbocycles. The molecule has 1 heterocycles. The van der Waals surface area contributed by atoms with Crippen LogP contribution < -0.4 is 5.32 Å². The lowest BCUT2D eigenvalue weighted by molar-refractivity contribution is -0.131. The van der Waals surface area contributed by atoms with E-state index in [0.717, 1.165) is 30.5 Å². The Kier molecular flexibility index (Phi) is 4.92. The van der Waals surface area contributed by atoms with Gasteiger partial charge in [0.2, 0.25) is 5.91 Å². The van der Waals surface area contributed by atoms with Crippen molar-refractivity contribution in [1.82, 2.24) is 15.1 Å². The Morgan fingerprint density at radius 2 is 2.08 bits per heavy atom. The smallest absolute Gasteiger partial charge is 0.231 e. The maximum Gasteiger partial charge on any atom is 0.231 e. The van der Waals surface area contributed by atoms with Gasteiger partial charge in [-0.1, -0.05) is 30.2 Å². The molecule has 0 saturated heterocycles. The number of aromatic nitrogens is 2. The molecule has 0 aliphatic heterocycles. The van der Waals surface area contributed by atoms with Crippen LogP contribution >= 0.6 is 11.6 Å². The van der Waals surface area contributed by atoms with Crippen molar-refractivity contribution in [3.05, 3.63) is 52.8 Å². The number of nitrogens with zero attached hydrogens (tertiary/aromatic N) is 2. The summed E-state index contributed by atoms with van der Waals surface area (Å²) < 4.78 is 7.06. The van der Waals surface area contributed by atoms with E-state index in [2.05, 4.69) is 10.4 Å². The normalized spacial score (nSPS) is 17.1. The van der Waals surface area contributed by atoms with Crippen LogP contribution in [-0.2, 0) is 22.0 Å². The molecule has 1 aliphatic rings. The van der Waals surface area contributed by atoms with Crippen molar-refractivity contribution < 1.29 is 9.53 Å². The standard InChI is InChI=1S/C18H22ClN3O2/c1-22-16(8-11-20-22)15(12-24-2)21-17(23)18(9-3-10-18)13-4-6-14(19)7-5-13/h4-8,11,15H,3,9-10,12H2,1-2H3,(H,21,23)/t15-/m1/s1. The number of aryl methyl sites for hydroxylation is 1. The lowest BCUT2D eigenvalue weighted by Crippen LogP contribution is -2.50. The number of nitrogens with one attached hydrogen (secondary N) is 1. The molecule has 1 amide bonds. The van der Waals surface area contributed by atoms with Crippen molar-refractivity contribution in [3.63, 3.8) is 0 Å². The molecule has 1 aliphatic carbocycles. The molecule has 128 valence electrons. The average molecular weight is 348 g/mol. The zero-order valence-corrected chi connectivity index (χ0v) is 14.7. The highest BCUT2D eigenvalue weighted by molar-refractivity contribution is 6.30. The van der Waals surface area contributed by atoms with E-state index in [0.29, 0.717) is 11.6 Å². The predicted octanol–water partition coefficient (Wildman–Crippen LogP) is 3.00. The fourth-order valence-electron chi connectivity index (χ4n) is 3.34. The summed E-state index contributed by atoms with van der Waals surface area (Å²) in [5.74, 6) is 0.0410. The van der Waals surface area contributed by atoms with Crippen LogP contribution in [-0.4, -0.2) is 29.4 Å². The van der Waals surface area contributed by atoms with Crippen LogP contribution in [0.2, 0.25) is 5.02 Å². The molecule has 1 aromatic heterocycles. The molecule has 0 bridgehead atoms. The second kappa shape index (κ2) is 6.95. The molecule has 0 spiro atoms. The maximum absolute atomic E-state index is 13.1. The van der Waals surface area contributed by atoms with Crippen LogP contribution in [0.5, 0.6) is 0 Å². The van der Waals surface area contributed by atoms with Gasteiger partial charge in [0, 0.05) is 25.4 Å². The number of hydrogen-bond acceptors (Lipinski definition) is 3. The highest BCUT2D eigenvalue weighted by atomic mass is 35.5. The Labute approximate surface area is 147 Å². The molecule has 3 rings (SSSR count). The average Bonchev–Trinajstić information content (AvgIpc) is 2.94. The number of carbonyl (C=O) groups excluding carboxylic acids is 1. The zero-order chi connectivity index (χ0) is 17.2. The van der Waals surface area contributed by atoms with Crippen LogP contribution in [0.3, 0.4) is 0 Å². The lowest BCUT2D eigenvalue weighted by Gasteiger charge is -2.41. The Balaban J connectivity index is 1.83. The SMILES string of the molecule is COC[C@@H](NC(=O)C1(c2ccc(Cl)cc2)CCC1)c1ccnn1C. The van der Waals surface area contributed by atoms with Gasteiger partial charge in [0.25, 0.3) is 0 Å². The van der Waals surface area contributed by atoms with Gasteiger partial charge in [-0.2, -0.15) is 5.10 Å². The van der Waals surface area contributed by atoms with E-state index in [1.807, 2.05) is 37.4 Å². The monoisotopic (exact) mass is 347 g/mol. The Bertz CT molecular complexity index is 707. The van der Waals surface area contributed by atoms with Gasteiger partial charge in [0.05, 0.1) is 23.8 Å². The molecule has 1 saturated carbocycles. The number of carbonyl (C=O) groups is 1. The van der Waals surface area contributed by atoms with E-state index in [4.69, 9.17) is 16.3 Å². The first kappa shape index (κ1) is 17.0. The van der Waals surface area contributed by atoms with Crippen LogP contribution in [0.15, 0.2) is 36.5 Å². The number of benzene rings is 1.